The van der Waals surface area contributed by atoms with Gasteiger partial charge in [-0.2, -0.15) is 0 Å². The summed E-state index contributed by atoms with van der Waals surface area (Å²) in [4.78, 5) is 21.4. The fraction of sp³-hybridized carbons (Fsp3) is 0.926. The van der Waals surface area contributed by atoms with E-state index in [0.717, 1.165) is 140 Å². The first-order valence-electron chi connectivity index (χ1n) is 38.5. The van der Waals surface area contributed by atoms with E-state index >= 15 is 0 Å². The van der Waals surface area contributed by atoms with Crippen LogP contribution < -0.4 is 0 Å². The van der Waals surface area contributed by atoms with Crippen molar-refractivity contribution in [3.63, 3.8) is 0 Å². The van der Waals surface area contributed by atoms with Crippen LogP contribution in [0.15, 0.2) is 23.3 Å². The molecule has 9 fully saturated rings. The molecule has 6 nitrogen and oxygen atoms in total. The van der Waals surface area contributed by atoms with Gasteiger partial charge in [0.2, 0.25) is 0 Å². The number of carboxylic acids is 2. The number of hydrogen-bond acceptors (Lipinski definition) is 4. The van der Waals surface area contributed by atoms with Gasteiger partial charge in [0.25, 0.3) is 0 Å². The normalized spacial score (nSPS) is 41.9. The van der Waals surface area contributed by atoms with E-state index in [0.29, 0.717) is 52.3 Å². The molecular formula is C81H142AcO6. The van der Waals surface area contributed by atoms with Crippen LogP contribution >= 0.6 is 0 Å². The summed E-state index contributed by atoms with van der Waals surface area (Å²) in [6, 6.07) is 0. The minimum absolute atomic E-state index is 0. The van der Waals surface area contributed by atoms with Gasteiger partial charge in [0.1, 0.15) is 0 Å². The Morgan fingerprint density at radius 2 is 0.773 bits per heavy atom. The van der Waals surface area contributed by atoms with E-state index in [1.54, 1.807) is 11.1 Å². The Hall–Kier alpha value is -0.218. The molecule has 0 spiro atoms. The summed E-state index contributed by atoms with van der Waals surface area (Å²) >= 11 is 0. The van der Waals surface area contributed by atoms with Crippen LogP contribution in [-0.2, 0) is 9.59 Å². The Kier molecular flexibility index (Phi) is 30.2. The summed E-state index contributed by atoms with van der Waals surface area (Å²) in [7, 11) is 0. The van der Waals surface area contributed by atoms with E-state index in [2.05, 4.69) is 116 Å². The molecule has 505 valence electrons. The van der Waals surface area contributed by atoms with E-state index in [1.807, 2.05) is 0 Å². The Bertz CT molecular complexity index is 2160. The summed E-state index contributed by atoms with van der Waals surface area (Å²) in [6.07, 6.45) is 48.4. The fourth-order valence-corrected chi connectivity index (χ4v) is 24.4. The van der Waals surface area contributed by atoms with E-state index < -0.39 is 11.9 Å². The van der Waals surface area contributed by atoms with Crippen LogP contribution in [0.2, 0.25) is 0 Å². The van der Waals surface area contributed by atoms with Gasteiger partial charge in [-0.1, -0.05) is 204 Å². The molecule has 4 N–H and O–H groups in total. The number of carboxylic acid groups (broad SMARTS) is 2. The van der Waals surface area contributed by atoms with Crippen LogP contribution in [-0.4, -0.2) is 44.6 Å². The van der Waals surface area contributed by atoms with Crippen LogP contribution in [0.5, 0.6) is 0 Å². The van der Waals surface area contributed by atoms with E-state index in [4.69, 9.17) is 10.2 Å². The molecule has 0 aromatic rings. The molecule has 11 rings (SSSR count). The molecule has 0 aromatic heterocycles. The molecule has 25 atom stereocenters. The molecular weight excluding hydrogens is 1300 g/mol. The second kappa shape index (κ2) is 34.6. The summed E-state index contributed by atoms with van der Waals surface area (Å²) in [5, 5.41) is 38.0. The number of carbonyl (C=O) groups is 2. The average Bonchev–Trinajstić information content (AvgIpc) is 1.58. The summed E-state index contributed by atoms with van der Waals surface area (Å²) in [5.41, 5.74) is 4.88. The quantitative estimate of drug-likeness (QED) is 0.108. The number of rotatable bonds is 17. The second-order valence-corrected chi connectivity index (χ2v) is 34.6. The third-order valence-electron chi connectivity index (χ3n) is 29.5. The maximum absolute atomic E-state index is 11.0. The van der Waals surface area contributed by atoms with Crippen molar-refractivity contribution in [1.29, 1.82) is 0 Å². The smallest absolute Gasteiger partial charge is 0.303 e. The summed E-state index contributed by atoms with van der Waals surface area (Å²) in [5.74, 6) is 15.2. The third-order valence-corrected chi connectivity index (χ3v) is 29.5. The van der Waals surface area contributed by atoms with Crippen LogP contribution in [0.1, 0.15) is 329 Å². The number of aliphatic carboxylic acids is 2. The molecule has 9 saturated carbocycles. The number of allylic oxidation sites excluding steroid dienone is 2. The average molecular weight is 1440 g/mol. The zero-order valence-electron chi connectivity index (χ0n) is 60.2. The minimum Gasteiger partial charge on any atom is -0.481 e. The van der Waals surface area contributed by atoms with Crippen molar-refractivity contribution < 1.29 is 74.1 Å². The number of aliphatic hydroxyl groups excluding tert-OH is 2. The Balaban J connectivity index is 0.000000185. The van der Waals surface area contributed by atoms with Gasteiger partial charge in [-0.25, -0.2) is 0 Å². The third kappa shape index (κ3) is 18.1. The molecule has 0 bridgehead atoms. The number of fused-ring (bicyclic) bond motifs is 10. The van der Waals surface area contributed by atoms with E-state index in [1.165, 1.54) is 167 Å². The molecule has 11 aliphatic carbocycles. The molecule has 0 saturated heterocycles. The van der Waals surface area contributed by atoms with Gasteiger partial charge < -0.3 is 20.4 Å². The maximum atomic E-state index is 11.0. The van der Waals surface area contributed by atoms with Crippen LogP contribution in [0, 0.1) is 178 Å². The fourth-order valence-electron chi connectivity index (χ4n) is 24.4. The van der Waals surface area contributed by atoms with Gasteiger partial charge >= 0.3 is 11.9 Å². The van der Waals surface area contributed by atoms with Crippen molar-refractivity contribution in [2.45, 2.75) is 341 Å². The van der Waals surface area contributed by atoms with Crippen LogP contribution in [0.3, 0.4) is 0 Å². The second-order valence-electron chi connectivity index (χ2n) is 34.6. The van der Waals surface area contributed by atoms with Crippen molar-refractivity contribution in [3.05, 3.63) is 23.3 Å². The zero-order chi connectivity index (χ0) is 63.6. The van der Waals surface area contributed by atoms with E-state index in [-0.39, 0.29) is 56.3 Å². The molecule has 11 unspecified atom stereocenters. The molecule has 0 aliphatic heterocycles. The molecule has 0 heterocycles. The standard InChI is InChI=1S/C24H38O3.C24H40O.C11H20O2.2C11H22.Ac/c1-15(4-9-22(26)27)19-7-8-20-18-6-5-16-14-17(25)10-12-23(16,2)21(18)11-13-24(19,20)3;1-5-6-16(2)20-9-10-21-19-8-7-17-15-18(25)11-13-23(17,3)22(19)12-14-24(20,21)4;1-8-4-3-5-10(8)9(2)6-7-11(12)13;2*1-4-6-9(2)11-8-5-7-10(11)3;/h5,15,17-21,25H,4,6-14H2,1-3H3,(H,26,27);7,16,18-22,25H,5-6,8-15H2,1-4H3;8-10H,3-7H2,1-2H3,(H,12,13);2*9-11H,4-8H2,1-3H3;/t15?,17?,18?,19-,20?,21?,23+,24-;16?,18-,19?,20+,21?,22?,23-,24+;8-,9?,10+;9?,10-,11-;9-,10-,11-;/m10111./s1. The van der Waals surface area contributed by atoms with Crippen molar-refractivity contribution in [1.82, 2.24) is 0 Å². The van der Waals surface area contributed by atoms with Gasteiger partial charge in [-0.15, -0.1) is 0 Å². The molecule has 7 heteroatoms. The van der Waals surface area contributed by atoms with Crippen molar-refractivity contribution in [2.75, 3.05) is 0 Å². The Labute approximate surface area is 579 Å². The van der Waals surface area contributed by atoms with E-state index in [9.17, 15) is 19.8 Å². The van der Waals surface area contributed by atoms with Crippen molar-refractivity contribution >= 4 is 11.9 Å². The van der Waals surface area contributed by atoms with Crippen LogP contribution in [0.4, 0.5) is 0 Å². The van der Waals surface area contributed by atoms with Gasteiger partial charge in [0.05, 0.1) is 12.2 Å². The monoisotopic (exact) mass is 1440 g/mol. The Morgan fingerprint density at radius 3 is 1.10 bits per heavy atom. The van der Waals surface area contributed by atoms with Gasteiger partial charge in [0, 0.05) is 56.9 Å². The first-order chi connectivity index (χ1) is 41.3. The first-order valence-corrected chi connectivity index (χ1v) is 38.5. The zero-order valence-corrected chi connectivity index (χ0v) is 65.0. The number of hydrogen-bond donors (Lipinski definition) is 4. The summed E-state index contributed by atoms with van der Waals surface area (Å²) < 4.78 is 0. The summed E-state index contributed by atoms with van der Waals surface area (Å²) in [6.45, 7) is 36.3. The first kappa shape index (κ1) is 76.8. The predicted octanol–water partition coefficient (Wildman–Crippen LogP) is 22.4. The Morgan fingerprint density at radius 1 is 0.443 bits per heavy atom. The molecule has 0 aromatic carbocycles. The maximum Gasteiger partial charge on any atom is 0.303 e. The molecule has 11 aliphatic rings. The minimum atomic E-state index is -0.655. The molecule has 88 heavy (non-hydrogen) atoms. The predicted molar refractivity (Wildman–Crippen MR) is 366 cm³/mol. The van der Waals surface area contributed by atoms with Crippen molar-refractivity contribution in [2.24, 2.45) is 134 Å². The topological polar surface area (TPSA) is 115 Å². The van der Waals surface area contributed by atoms with Gasteiger partial charge in [-0.3, -0.25) is 9.59 Å². The molecule has 0 amide bonds. The largest absolute Gasteiger partial charge is 0.481 e. The van der Waals surface area contributed by atoms with Gasteiger partial charge in [-0.05, 0) is 269 Å². The van der Waals surface area contributed by atoms with Crippen molar-refractivity contribution in [3.8, 4) is 0 Å². The number of aliphatic hydroxyl groups is 2. The van der Waals surface area contributed by atoms with Gasteiger partial charge in [0.15, 0.2) is 0 Å². The van der Waals surface area contributed by atoms with Crippen LogP contribution in [0.25, 0.3) is 0 Å². The SMILES string of the molecule is CC(CCC(=O)O)[C@H]1CCC2C3CC=C4CC(O)CC[C@]4(C)C3CC[C@@]21C.CC(CCC(=O)O)[C@H]1CCC[C@H]1C.CCCC(C)[C@H]1CCC2C3CC=C4C[C@@H](O)CC[C@]4(C)C3CC[C@@]21C.CCCC(C)[C@H]1CCC[C@H]1C.CCC[C@@H](C)[C@H]1CCC[C@H]1C.[Ac]. The molecule has 1 radical (unpaired) electrons.